The maximum Gasteiger partial charge on any atom is 0.117 e. The third-order valence-electron chi connectivity index (χ3n) is 4.49. The van der Waals surface area contributed by atoms with Crippen molar-refractivity contribution >= 4 is 22.5 Å². The van der Waals surface area contributed by atoms with Crippen LogP contribution < -0.4 is 5.32 Å². The van der Waals surface area contributed by atoms with Crippen molar-refractivity contribution in [3.05, 3.63) is 83.3 Å². The summed E-state index contributed by atoms with van der Waals surface area (Å²) in [5, 5.41) is 15.0. The van der Waals surface area contributed by atoms with Gasteiger partial charge in [-0.05, 0) is 60.5 Å². The van der Waals surface area contributed by atoms with Crippen LogP contribution in [-0.2, 0) is 13.0 Å². The lowest BCUT2D eigenvalue weighted by atomic mass is 10.0. The van der Waals surface area contributed by atoms with Crippen LogP contribution in [0.4, 0.5) is 0 Å². The van der Waals surface area contributed by atoms with E-state index in [0.717, 1.165) is 45.7 Å². The second-order valence-corrected chi connectivity index (χ2v) is 6.87. The molecule has 2 aromatic heterocycles. The van der Waals surface area contributed by atoms with Gasteiger partial charge >= 0.3 is 0 Å². The Labute approximate surface area is 162 Å². The van der Waals surface area contributed by atoms with Gasteiger partial charge in [0.05, 0.1) is 23.7 Å². The van der Waals surface area contributed by atoms with Gasteiger partial charge in [0.25, 0.3) is 0 Å². The lowest BCUT2D eigenvalue weighted by Gasteiger charge is -2.11. The molecule has 2 heterocycles. The number of halogens is 1. The number of benzene rings is 2. The number of furan rings is 1. The van der Waals surface area contributed by atoms with E-state index in [1.165, 1.54) is 5.56 Å². The first-order valence-electron chi connectivity index (χ1n) is 8.79. The number of hydrogen-bond donors (Lipinski definition) is 2. The molecule has 0 aliphatic heterocycles. The Bertz CT molecular complexity index is 1040. The molecular weight excluding hydrogens is 360 g/mol. The van der Waals surface area contributed by atoms with Crippen molar-refractivity contribution in [3.63, 3.8) is 0 Å². The Kier molecular flexibility index (Phi) is 5.10. The molecule has 0 aliphatic carbocycles. The molecule has 0 aliphatic rings. The molecule has 0 amide bonds. The van der Waals surface area contributed by atoms with E-state index in [1.807, 2.05) is 36.4 Å². The number of hydrogen-bond acceptors (Lipinski definition) is 4. The highest BCUT2D eigenvalue weighted by Gasteiger charge is 2.11. The van der Waals surface area contributed by atoms with E-state index in [2.05, 4.69) is 11.4 Å². The van der Waals surface area contributed by atoms with E-state index in [-0.39, 0.29) is 5.75 Å². The van der Waals surface area contributed by atoms with Gasteiger partial charge in [-0.1, -0.05) is 23.7 Å². The molecule has 0 atom stereocenters. The van der Waals surface area contributed by atoms with E-state index in [9.17, 15) is 5.11 Å². The summed E-state index contributed by atoms with van der Waals surface area (Å²) in [6.45, 7) is 1.54. The molecule has 0 unspecified atom stereocenters. The Morgan fingerprint density at radius 1 is 1.04 bits per heavy atom. The first-order chi connectivity index (χ1) is 13.2. The quantitative estimate of drug-likeness (QED) is 0.453. The predicted octanol–water partition coefficient (Wildman–Crippen LogP) is 5.19. The van der Waals surface area contributed by atoms with Crippen molar-refractivity contribution in [2.45, 2.75) is 13.0 Å². The Hall–Kier alpha value is -2.82. The third-order valence-corrected chi connectivity index (χ3v) is 4.75. The van der Waals surface area contributed by atoms with Crippen LogP contribution in [0.5, 0.6) is 5.75 Å². The van der Waals surface area contributed by atoms with Gasteiger partial charge < -0.3 is 14.8 Å². The van der Waals surface area contributed by atoms with Gasteiger partial charge in [-0.2, -0.15) is 0 Å². The first-order valence-corrected chi connectivity index (χ1v) is 9.17. The number of nitrogens with zero attached hydrogens (tertiary/aromatic N) is 1. The summed E-state index contributed by atoms with van der Waals surface area (Å²) in [7, 11) is 0. The lowest BCUT2D eigenvalue weighted by Crippen LogP contribution is -2.17. The summed E-state index contributed by atoms with van der Waals surface area (Å²) in [6.07, 6.45) is 4.25. The van der Waals surface area contributed by atoms with Gasteiger partial charge in [0, 0.05) is 28.6 Å². The van der Waals surface area contributed by atoms with Crippen molar-refractivity contribution in [2.75, 3.05) is 6.54 Å². The average Bonchev–Trinajstić information content (AvgIpc) is 3.20. The summed E-state index contributed by atoms with van der Waals surface area (Å²) >= 11 is 5.93. The molecule has 4 aromatic rings. The first kappa shape index (κ1) is 17.6. The van der Waals surface area contributed by atoms with Crippen LogP contribution in [0.2, 0.25) is 5.02 Å². The second kappa shape index (κ2) is 7.82. The SMILES string of the molecule is Oc1ccc2cc(CNCCc3ccc(Cl)cc3)c(-c3ccoc3)nc2c1. The maximum absolute atomic E-state index is 9.74. The molecule has 2 aromatic carbocycles. The smallest absolute Gasteiger partial charge is 0.117 e. The fourth-order valence-electron chi connectivity index (χ4n) is 3.09. The van der Waals surface area contributed by atoms with Crippen molar-refractivity contribution in [1.29, 1.82) is 0 Å². The molecule has 0 fully saturated rings. The predicted molar refractivity (Wildman–Crippen MR) is 108 cm³/mol. The zero-order valence-corrected chi connectivity index (χ0v) is 15.4. The minimum atomic E-state index is 0.210. The molecule has 0 saturated heterocycles. The minimum absolute atomic E-state index is 0.210. The number of fused-ring (bicyclic) bond motifs is 1. The summed E-state index contributed by atoms with van der Waals surface area (Å²) in [5.74, 6) is 0.210. The van der Waals surface area contributed by atoms with Gasteiger partial charge in [-0.3, -0.25) is 0 Å². The maximum atomic E-state index is 9.74. The molecule has 0 bridgehead atoms. The number of nitrogens with one attached hydrogen (secondary N) is 1. The van der Waals surface area contributed by atoms with Crippen LogP contribution >= 0.6 is 11.6 Å². The zero-order chi connectivity index (χ0) is 18.6. The average molecular weight is 379 g/mol. The van der Waals surface area contributed by atoms with Crippen LogP contribution in [0.3, 0.4) is 0 Å². The zero-order valence-electron chi connectivity index (χ0n) is 14.7. The number of rotatable bonds is 6. The molecule has 136 valence electrons. The van der Waals surface area contributed by atoms with Gasteiger partial charge in [0.2, 0.25) is 0 Å². The minimum Gasteiger partial charge on any atom is -0.508 e. The highest BCUT2D eigenvalue weighted by molar-refractivity contribution is 6.30. The van der Waals surface area contributed by atoms with Crippen molar-refractivity contribution < 1.29 is 9.52 Å². The Morgan fingerprint density at radius 2 is 1.89 bits per heavy atom. The van der Waals surface area contributed by atoms with E-state index >= 15 is 0 Å². The van der Waals surface area contributed by atoms with E-state index in [4.69, 9.17) is 21.0 Å². The molecule has 0 saturated carbocycles. The van der Waals surface area contributed by atoms with Crippen LogP contribution in [0.1, 0.15) is 11.1 Å². The van der Waals surface area contributed by atoms with E-state index < -0.39 is 0 Å². The number of pyridine rings is 1. The summed E-state index contributed by atoms with van der Waals surface area (Å²) in [4.78, 5) is 4.75. The highest BCUT2D eigenvalue weighted by atomic mass is 35.5. The van der Waals surface area contributed by atoms with Crippen molar-refractivity contribution in [1.82, 2.24) is 10.3 Å². The van der Waals surface area contributed by atoms with Gasteiger partial charge in [-0.25, -0.2) is 4.98 Å². The molecule has 0 spiro atoms. The van der Waals surface area contributed by atoms with Crippen molar-refractivity contribution in [3.8, 4) is 17.0 Å². The molecule has 5 heteroatoms. The summed E-state index contributed by atoms with van der Waals surface area (Å²) < 4.78 is 5.23. The fraction of sp³-hybridized carbons (Fsp3) is 0.136. The molecular formula is C22H19ClN2O2. The Balaban J connectivity index is 1.53. The van der Waals surface area contributed by atoms with Crippen LogP contribution in [0, 0.1) is 0 Å². The second-order valence-electron chi connectivity index (χ2n) is 6.44. The summed E-state index contributed by atoms with van der Waals surface area (Å²) in [5.41, 5.74) is 4.88. The largest absolute Gasteiger partial charge is 0.508 e. The molecule has 4 nitrogen and oxygen atoms in total. The van der Waals surface area contributed by atoms with Crippen molar-refractivity contribution in [2.24, 2.45) is 0 Å². The number of phenolic OH excluding ortho intramolecular Hbond substituents is 1. The number of phenols is 1. The third kappa shape index (κ3) is 4.13. The lowest BCUT2D eigenvalue weighted by molar-refractivity contribution is 0.476. The molecule has 0 radical (unpaired) electrons. The Morgan fingerprint density at radius 3 is 2.67 bits per heavy atom. The van der Waals surface area contributed by atoms with Gasteiger partial charge in [0.15, 0.2) is 0 Å². The van der Waals surface area contributed by atoms with E-state index in [0.29, 0.717) is 6.54 Å². The topological polar surface area (TPSA) is 58.3 Å². The monoisotopic (exact) mass is 378 g/mol. The molecule has 2 N–H and O–H groups in total. The molecule has 27 heavy (non-hydrogen) atoms. The van der Waals surface area contributed by atoms with Crippen LogP contribution in [0.25, 0.3) is 22.2 Å². The number of aromatic hydroxyl groups is 1. The summed E-state index contributed by atoms with van der Waals surface area (Å²) in [6, 6.07) is 17.2. The van der Waals surface area contributed by atoms with Gasteiger partial charge in [-0.15, -0.1) is 0 Å². The van der Waals surface area contributed by atoms with Crippen LogP contribution in [-0.4, -0.2) is 16.6 Å². The number of aromatic nitrogens is 1. The normalized spacial score (nSPS) is 11.1. The van der Waals surface area contributed by atoms with E-state index in [1.54, 1.807) is 24.7 Å². The standard InChI is InChI=1S/C22H19ClN2O2/c23-19-4-1-15(2-5-19)7-9-24-13-18-11-16-3-6-20(26)12-21(16)25-22(18)17-8-10-27-14-17/h1-6,8,10-12,14,24,26H,7,9,13H2. The van der Waals surface area contributed by atoms with Crippen LogP contribution in [0.15, 0.2) is 71.5 Å². The van der Waals surface area contributed by atoms with Gasteiger partial charge in [0.1, 0.15) is 5.75 Å². The fourth-order valence-corrected chi connectivity index (χ4v) is 3.22. The highest BCUT2D eigenvalue weighted by Crippen LogP contribution is 2.27. The molecule has 4 rings (SSSR count).